The molecule has 0 fully saturated rings. The van der Waals surface area contributed by atoms with E-state index in [1.54, 1.807) is 26.0 Å². The molecule has 19 heavy (non-hydrogen) atoms. The molecule has 2 atom stereocenters. The highest BCUT2D eigenvalue weighted by Gasteiger charge is 2.12. The lowest BCUT2D eigenvalue weighted by atomic mass is 10.1. The molecule has 0 radical (unpaired) electrons. The van der Waals surface area contributed by atoms with Crippen molar-refractivity contribution in [1.82, 2.24) is 10.6 Å². The number of aliphatic hydroxyl groups is 1. The first-order valence-corrected chi connectivity index (χ1v) is 6.38. The summed E-state index contributed by atoms with van der Waals surface area (Å²) < 4.78 is 13.4. The van der Waals surface area contributed by atoms with Gasteiger partial charge in [0.1, 0.15) is 5.82 Å². The zero-order valence-corrected chi connectivity index (χ0v) is 11.5. The van der Waals surface area contributed by atoms with Gasteiger partial charge in [0, 0.05) is 12.6 Å². The van der Waals surface area contributed by atoms with Gasteiger partial charge in [-0.05, 0) is 44.4 Å². The molecule has 0 aliphatic heterocycles. The van der Waals surface area contributed by atoms with Crippen LogP contribution in [0.4, 0.5) is 9.18 Å². The van der Waals surface area contributed by atoms with Crippen molar-refractivity contribution < 1.29 is 14.3 Å². The maximum Gasteiger partial charge on any atom is 0.315 e. The second-order valence-corrected chi connectivity index (χ2v) is 4.76. The number of nitrogens with one attached hydrogen (secondary N) is 2. The zero-order valence-electron chi connectivity index (χ0n) is 11.5. The van der Waals surface area contributed by atoms with Crippen molar-refractivity contribution in [2.24, 2.45) is 0 Å². The van der Waals surface area contributed by atoms with Gasteiger partial charge < -0.3 is 15.7 Å². The number of benzene rings is 1. The van der Waals surface area contributed by atoms with E-state index in [0.29, 0.717) is 17.5 Å². The van der Waals surface area contributed by atoms with E-state index < -0.39 is 0 Å². The Balaban J connectivity index is 2.56. The molecule has 0 bridgehead atoms. The monoisotopic (exact) mass is 268 g/mol. The molecule has 1 unspecified atom stereocenters. The Morgan fingerprint density at radius 3 is 2.63 bits per heavy atom. The van der Waals surface area contributed by atoms with E-state index >= 15 is 0 Å². The van der Waals surface area contributed by atoms with Crippen molar-refractivity contribution in [3.8, 4) is 0 Å². The van der Waals surface area contributed by atoms with E-state index in [1.165, 1.54) is 6.07 Å². The van der Waals surface area contributed by atoms with Crippen LogP contribution in [0.3, 0.4) is 0 Å². The number of hydrogen-bond donors (Lipinski definition) is 3. The lowest BCUT2D eigenvalue weighted by Gasteiger charge is -2.18. The first-order chi connectivity index (χ1) is 8.93. The fraction of sp³-hybridized carbons (Fsp3) is 0.500. The Hall–Kier alpha value is -1.62. The Bertz CT molecular complexity index is 437. The molecule has 3 N–H and O–H groups in total. The number of rotatable bonds is 5. The number of urea groups is 1. The second kappa shape index (κ2) is 7.09. The minimum absolute atomic E-state index is 0.0280. The predicted molar refractivity (Wildman–Crippen MR) is 72.4 cm³/mol. The number of aryl methyl sites for hydroxylation is 1. The molecular formula is C14H21FN2O2. The van der Waals surface area contributed by atoms with Gasteiger partial charge in [-0.1, -0.05) is 12.1 Å². The molecule has 0 saturated heterocycles. The van der Waals surface area contributed by atoms with Crippen LogP contribution in [0.15, 0.2) is 18.2 Å². The third-order valence-electron chi connectivity index (χ3n) is 2.98. The summed E-state index contributed by atoms with van der Waals surface area (Å²) in [6, 6.07) is 4.20. The van der Waals surface area contributed by atoms with E-state index in [-0.39, 0.29) is 30.5 Å². The summed E-state index contributed by atoms with van der Waals surface area (Å²) in [4.78, 5) is 11.7. The van der Waals surface area contributed by atoms with E-state index in [2.05, 4.69) is 10.6 Å². The van der Waals surface area contributed by atoms with Crippen LogP contribution in [0.25, 0.3) is 0 Å². The third-order valence-corrected chi connectivity index (χ3v) is 2.98. The van der Waals surface area contributed by atoms with Crippen LogP contribution in [0, 0.1) is 12.7 Å². The first kappa shape index (κ1) is 15.4. The molecule has 1 aromatic rings. The molecule has 0 aromatic heterocycles. The van der Waals surface area contributed by atoms with E-state index in [9.17, 15) is 9.18 Å². The van der Waals surface area contributed by atoms with Gasteiger partial charge >= 0.3 is 6.03 Å². The summed E-state index contributed by atoms with van der Waals surface area (Å²) in [6.45, 7) is 5.33. The summed E-state index contributed by atoms with van der Waals surface area (Å²) in [5.74, 6) is -0.278. The summed E-state index contributed by atoms with van der Waals surface area (Å²) >= 11 is 0. The number of amides is 2. The van der Waals surface area contributed by atoms with Gasteiger partial charge in [-0.3, -0.25) is 0 Å². The lowest BCUT2D eigenvalue weighted by molar-refractivity contribution is 0.228. The van der Waals surface area contributed by atoms with Crippen molar-refractivity contribution in [3.05, 3.63) is 35.1 Å². The van der Waals surface area contributed by atoms with Crippen molar-refractivity contribution in [2.45, 2.75) is 39.3 Å². The molecule has 2 amide bonds. The highest BCUT2D eigenvalue weighted by atomic mass is 19.1. The molecule has 0 spiro atoms. The van der Waals surface area contributed by atoms with Gasteiger partial charge in [0.25, 0.3) is 0 Å². The largest absolute Gasteiger partial charge is 0.396 e. The Morgan fingerprint density at radius 1 is 1.37 bits per heavy atom. The number of halogens is 1. The van der Waals surface area contributed by atoms with Gasteiger partial charge in [-0.15, -0.1) is 0 Å². The topological polar surface area (TPSA) is 61.4 Å². The number of aliphatic hydroxyl groups excluding tert-OH is 1. The molecular weight excluding hydrogens is 247 g/mol. The number of carbonyl (C=O) groups is 1. The van der Waals surface area contributed by atoms with Crippen molar-refractivity contribution in [1.29, 1.82) is 0 Å². The number of hydrogen-bond acceptors (Lipinski definition) is 2. The maximum absolute atomic E-state index is 13.4. The van der Waals surface area contributed by atoms with Crippen molar-refractivity contribution >= 4 is 6.03 Å². The molecule has 1 rings (SSSR count). The van der Waals surface area contributed by atoms with Crippen molar-refractivity contribution in [3.63, 3.8) is 0 Å². The molecule has 106 valence electrons. The molecule has 5 heteroatoms. The van der Waals surface area contributed by atoms with Gasteiger partial charge in [-0.25, -0.2) is 9.18 Å². The molecule has 4 nitrogen and oxygen atoms in total. The van der Waals surface area contributed by atoms with Gasteiger partial charge in [0.2, 0.25) is 0 Å². The Morgan fingerprint density at radius 2 is 2.05 bits per heavy atom. The van der Waals surface area contributed by atoms with Crippen LogP contribution in [0.5, 0.6) is 0 Å². The predicted octanol–water partition coefficient (Wildman–Crippen LogP) is 2.27. The van der Waals surface area contributed by atoms with E-state index in [1.807, 2.05) is 6.92 Å². The van der Waals surface area contributed by atoms with Crippen LogP contribution < -0.4 is 10.6 Å². The van der Waals surface area contributed by atoms with Crippen LogP contribution in [0.2, 0.25) is 0 Å². The fourth-order valence-corrected chi connectivity index (χ4v) is 1.69. The molecule has 0 aliphatic rings. The summed E-state index contributed by atoms with van der Waals surface area (Å²) in [5.41, 5.74) is 1.30. The average Bonchev–Trinajstić information content (AvgIpc) is 2.32. The maximum atomic E-state index is 13.4. The highest BCUT2D eigenvalue weighted by molar-refractivity contribution is 5.74. The first-order valence-electron chi connectivity index (χ1n) is 6.38. The summed E-state index contributed by atoms with van der Waals surface area (Å²) in [5, 5.41) is 14.2. The molecule has 1 aromatic carbocycles. The Kier molecular flexibility index (Phi) is 5.76. The van der Waals surface area contributed by atoms with Crippen LogP contribution in [-0.4, -0.2) is 23.8 Å². The summed E-state index contributed by atoms with van der Waals surface area (Å²) in [7, 11) is 0. The zero-order chi connectivity index (χ0) is 14.4. The smallest absolute Gasteiger partial charge is 0.315 e. The van der Waals surface area contributed by atoms with E-state index in [4.69, 9.17) is 5.11 Å². The van der Waals surface area contributed by atoms with Crippen LogP contribution in [0.1, 0.15) is 37.4 Å². The standard InChI is InChI=1S/C14H21FN2O2/c1-9-4-5-12(8-13(9)15)11(3)17-14(19)16-10(2)6-7-18/h4-5,8,10-11,18H,6-7H2,1-3H3,(H2,16,17,19)/t10-,11?/m1/s1. The Labute approximate surface area is 113 Å². The minimum Gasteiger partial charge on any atom is -0.396 e. The third kappa shape index (κ3) is 4.87. The molecule has 0 aliphatic carbocycles. The fourth-order valence-electron chi connectivity index (χ4n) is 1.69. The number of carbonyl (C=O) groups excluding carboxylic acids is 1. The molecule has 0 heterocycles. The van der Waals surface area contributed by atoms with Crippen molar-refractivity contribution in [2.75, 3.05) is 6.61 Å². The quantitative estimate of drug-likeness (QED) is 0.767. The van der Waals surface area contributed by atoms with E-state index in [0.717, 1.165) is 0 Å². The SMILES string of the molecule is Cc1ccc(C(C)NC(=O)N[C@H](C)CCO)cc1F. The highest BCUT2D eigenvalue weighted by Crippen LogP contribution is 2.16. The minimum atomic E-state index is -0.325. The normalized spacial score (nSPS) is 13.7. The van der Waals surface area contributed by atoms with Gasteiger partial charge in [0.05, 0.1) is 6.04 Å². The van der Waals surface area contributed by atoms with Crippen LogP contribution >= 0.6 is 0 Å². The second-order valence-electron chi connectivity index (χ2n) is 4.76. The molecule has 0 saturated carbocycles. The van der Waals surface area contributed by atoms with Gasteiger partial charge in [0.15, 0.2) is 0 Å². The lowest BCUT2D eigenvalue weighted by Crippen LogP contribution is -2.42. The van der Waals surface area contributed by atoms with Gasteiger partial charge in [-0.2, -0.15) is 0 Å². The summed E-state index contributed by atoms with van der Waals surface area (Å²) in [6.07, 6.45) is 0.501. The average molecular weight is 268 g/mol. The van der Waals surface area contributed by atoms with Crippen LogP contribution in [-0.2, 0) is 0 Å².